The third-order valence-corrected chi connectivity index (χ3v) is 4.71. The van der Waals surface area contributed by atoms with Gasteiger partial charge in [0.05, 0.1) is 10.5 Å². The van der Waals surface area contributed by atoms with E-state index in [9.17, 15) is 19.7 Å². The molecule has 2 N–H and O–H groups in total. The van der Waals surface area contributed by atoms with Crippen molar-refractivity contribution in [3.63, 3.8) is 0 Å². The molecule has 31 heavy (non-hydrogen) atoms. The molecule has 1 aliphatic carbocycles. The van der Waals surface area contributed by atoms with Crippen molar-refractivity contribution in [2.24, 2.45) is 0 Å². The van der Waals surface area contributed by atoms with Crippen LogP contribution in [0.2, 0.25) is 0 Å². The standard InChI is InChI=1S/C23H19N3O5/c27-22(24-17-10-11-17)15-6-8-16(9-7-15)25-23(28)20-14-18(26(29)30)12-13-21(20)31-19-4-2-1-3-5-19/h1-9,12-14,17H,10-11H2,(H,24,27)(H,25,28). The molecule has 0 aliphatic heterocycles. The molecule has 4 rings (SSSR count). The van der Waals surface area contributed by atoms with E-state index < -0.39 is 10.8 Å². The number of rotatable bonds is 7. The first-order chi connectivity index (χ1) is 15.0. The zero-order valence-electron chi connectivity index (χ0n) is 16.4. The highest BCUT2D eigenvalue weighted by molar-refractivity contribution is 6.07. The summed E-state index contributed by atoms with van der Waals surface area (Å²) >= 11 is 0. The minimum Gasteiger partial charge on any atom is -0.457 e. The zero-order chi connectivity index (χ0) is 21.8. The maximum atomic E-state index is 12.9. The van der Waals surface area contributed by atoms with Gasteiger partial charge in [-0.25, -0.2) is 0 Å². The van der Waals surface area contributed by atoms with Crippen molar-refractivity contribution < 1.29 is 19.2 Å². The molecule has 0 radical (unpaired) electrons. The van der Waals surface area contributed by atoms with E-state index in [-0.39, 0.29) is 28.9 Å². The molecule has 2 amide bonds. The van der Waals surface area contributed by atoms with Crippen molar-refractivity contribution in [3.8, 4) is 11.5 Å². The van der Waals surface area contributed by atoms with Gasteiger partial charge in [-0.3, -0.25) is 19.7 Å². The smallest absolute Gasteiger partial charge is 0.270 e. The summed E-state index contributed by atoms with van der Waals surface area (Å²) in [5.41, 5.74) is 0.741. The van der Waals surface area contributed by atoms with E-state index in [1.165, 1.54) is 18.2 Å². The van der Waals surface area contributed by atoms with Crippen LogP contribution in [0.4, 0.5) is 11.4 Å². The summed E-state index contributed by atoms with van der Waals surface area (Å²) in [7, 11) is 0. The molecule has 0 atom stereocenters. The molecule has 0 aromatic heterocycles. The van der Waals surface area contributed by atoms with Crippen LogP contribution in [0.5, 0.6) is 11.5 Å². The van der Waals surface area contributed by atoms with E-state index in [4.69, 9.17) is 4.74 Å². The molecule has 1 fully saturated rings. The van der Waals surface area contributed by atoms with E-state index >= 15 is 0 Å². The third kappa shape index (κ3) is 5.05. The van der Waals surface area contributed by atoms with E-state index in [0.717, 1.165) is 12.8 Å². The molecular formula is C23H19N3O5. The summed E-state index contributed by atoms with van der Waals surface area (Å²) in [5, 5.41) is 16.8. The Kier molecular flexibility index (Phi) is 5.61. The van der Waals surface area contributed by atoms with Crippen LogP contribution in [0.3, 0.4) is 0 Å². The Labute approximate surface area is 178 Å². The number of nitrogens with zero attached hydrogens (tertiary/aromatic N) is 1. The van der Waals surface area contributed by atoms with Gasteiger partial charge in [-0.05, 0) is 55.3 Å². The van der Waals surface area contributed by atoms with E-state index in [2.05, 4.69) is 10.6 Å². The van der Waals surface area contributed by atoms with E-state index in [1.807, 2.05) is 6.07 Å². The average molecular weight is 417 g/mol. The molecular weight excluding hydrogens is 398 g/mol. The minimum absolute atomic E-state index is 0.0219. The average Bonchev–Trinajstić information content (AvgIpc) is 3.59. The van der Waals surface area contributed by atoms with Crippen LogP contribution in [0.15, 0.2) is 72.8 Å². The van der Waals surface area contributed by atoms with Crippen LogP contribution in [-0.2, 0) is 0 Å². The topological polar surface area (TPSA) is 111 Å². The van der Waals surface area contributed by atoms with Gasteiger partial charge in [0.25, 0.3) is 17.5 Å². The summed E-state index contributed by atoms with van der Waals surface area (Å²) < 4.78 is 5.76. The molecule has 0 bridgehead atoms. The Morgan fingerprint density at radius 3 is 2.29 bits per heavy atom. The van der Waals surface area contributed by atoms with Crippen LogP contribution in [0, 0.1) is 10.1 Å². The highest BCUT2D eigenvalue weighted by atomic mass is 16.6. The number of anilines is 1. The number of ether oxygens (including phenoxy) is 1. The molecule has 0 spiro atoms. The first-order valence-corrected chi connectivity index (χ1v) is 9.73. The Balaban J connectivity index is 1.54. The fraction of sp³-hybridized carbons (Fsp3) is 0.130. The number of nitro groups is 1. The summed E-state index contributed by atoms with van der Waals surface area (Å²) in [6.45, 7) is 0. The van der Waals surface area contributed by atoms with Crippen molar-refractivity contribution >= 4 is 23.2 Å². The third-order valence-electron chi connectivity index (χ3n) is 4.71. The lowest BCUT2D eigenvalue weighted by molar-refractivity contribution is -0.384. The normalized spacial score (nSPS) is 12.6. The molecule has 1 saturated carbocycles. The SMILES string of the molecule is O=C(NC1CC1)c1ccc(NC(=O)c2cc([N+](=O)[O-])ccc2Oc2ccccc2)cc1. The molecule has 0 saturated heterocycles. The molecule has 8 heteroatoms. The first-order valence-electron chi connectivity index (χ1n) is 9.73. The van der Waals surface area contributed by atoms with Gasteiger partial charge in [0, 0.05) is 29.4 Å². The van der Waals surface area contributed by atoms with E-state index in [1.54, 1.807) is 48.5 Å². The van der Waals surface area contributed by atoms with Crippen LogP contribution in [0.25, 0.3) is 0 Å². The Hall–Kier alpha value is -4.20. The molecule has 8 nitrogen and oxygen atoms in total. The summed E-state index contributed by atoms with van der Waals surface area (Å²) in [4.78, 5) is 35.6. The Morgan fingerprint density at radius 1 is 0.935 bits per heavy atom. The molecule has 156 valence electrons. The number of nitro benzene ring substituents is 1. The molecule has 3 aromatic rings. The molecule has 1 aliphatic rings. The summed E-state index contributed by atoms with van der Waals surface area (Å²) in [6.07, 6.45) is 1.99. The van der Waals surface area contributed by atoms with Crippen molar-refractivity contribution in [3.05, 3.63) is 94.0 Å². The quantitative estimate of drug-likeness (QED) is 0.433. The van der Waals surface area contributed by atoms with Gasteiger partial charge in [-0.2, -0.15) is 0 Å². The highest BCUT2D eigenvalue weighted by Crippen LogP contribution is 2.29. The number of carbonyl (C=O) groups excluding carboxylic acids is 2. The van der Waals surface area contributed by atoms with Crippen LogP contribution in [-0.4, -0.2) is 22.8 Å². The molecule has 0 heterocycles. The monoisotopic (exact) mass is 417 g/mol. The summed E-state index contributed by atoms with van der Waals surface area (Å²) in [6, 6.07) is 19.4. The fourth-order valence-electron chi connectivity index (χ4n) is 2.91. The number of nitrogens with one attached hydrogen (secondary N) is 2. The maximum absolute atomic E-state index is 12.9. The second-order valence-electron chi connectivity index (χ2n) is 7.13. The largest absolute Gasteiger partial charge is 0.457 e. The van der Waals surface area contributed by atoms with Crippen molar-refractivity contribution in [1.29, 1.82) is 0 Å². The number of para-hydroxylation sites is 1. The number of non-ortho nitro benzene ring substituents is 1. The maximum Gasteiger partial charge on any atom is 0.270 e. The minimum atomic E-state index is -0.573. The Bertz CT molecular complexity index is 1130. The van der Waals surface area contributed by atoms with Crippen molar-refractivity contribution in [1.82, 2.24) is 5.32 Å². The number of amides is 2. The van der Waals surface area contributed by atoms with Crippen LogP contribution in [0.1, 0.15) is 33.6 Å². The van der Waals surface area contributed by atoms with Crippen LogP contribution >= 0.6 is 0 Å². The predicted molar refractivity (Wildman–Crippen MR) is 114 cm³/mol. The molecule has 0 unspecified atom stereocenters. The summed E-state index contributed by atoms with van der Waals surface area (Å²) in [5.74, 6) is -0.0337. The van der Waals surface area contributed by atoms with Gasteiger partial charge in [0.1, 0.15) is 11.5 Å². The second kappa shape index (κ2) is 8.66. The van der Waals surface area contributed by atoms with Gasteiger partial charge in [-0.15, -0.1) is 0 Å². The lowest BCUT2D eigenvalue weighted by Gasteiger charge is -2.12. The lowest BCUT2D eigenvalue weighted by atomic mass is 10.1. The number of carbonyl (C=O) groups is 2. The van der Waals surface area contributed by atoms with Gasteiger partial charge in [0.15, 0.2) is 0 Å². The lowest BCUT2D eigenvalue weighted by Crippen LogP contribution is -2.25. The van der Waals surface area contributed by atoms with Crippen molar-refractivity contribution in [2.45, 2.75) is 18.9 Å². The van der Waals surface area contributed by atoms with Gasteiger partial charge >= 0.3 is 0 Å². The Morgan fingerprint density at radius 2 is 1.65 bits per heavy atom. The van der Waals surface area contributed by atoms with Crippen molar-refractivity contribution in [2.75, 3.05) is 5.32 Å². The van der Waals surface area contributed by atoms with Crippen LogP contribution < -0.4 is 15.4 Å². The number of benzene rings is 3. The zero-order valence-corrected chi connectivity index (χ0v) is 16.4. The first kappa shape index (κ1) is 20.1. The van der Waals surface area contributed by atoms with Gasteiger partial charge in [0.2, 0.25) is 0 Å². The van der Waals surface area contributed by atoms with Gasteiger partial charge < -0.3 is 15.4 Å². The van der Waals surface area contributed by atoms with E-state index in [0.29, 0.717) is 17.0 Å². The highest BCUT2D eigenvalue weighted by Gasteiger charge is 2.24. The van der Waals surface area contributed by atoms with Gasteiger partial charge in [-0.1, -0.05) is 18.2 Å². The second-order valence-corrected chi connectivity index (χ2v) is 7.13. The number of hydrogen-bond acceptors (Lipinski definition) is 5. The fourth-order valence-corrected chi connectivity index (χ4v) is 2.91. The number of hydrogen-bond donors (Lipinski definition) is 2. The predicted octanol–water partition coefficient (Wildman–Crippen LogP) is 4.53. The molecule has 3 aromatic carbocycles.